The van der Waals surface area contributed by atoms with Gasteiger partial charge in [-0.25, -0.2) is 18.4 Å². The SMILES string of the molecule is C[C@@H]1CN(c2cccc(-c3ccc4cnc(CNC(=O)c5ccc(N6C[C@@H](C)O[C@@H](C)C6)c(S(C)(=O)=O)c5)cc4n3)n2)C[C@H](C)O1.[HH]. The van der Waals surface area contributed by atoms with Crippen molar-refractivity contribution in [1.82, 2.24) is 20.3 Å². The van der Waals surface area contributed by atoms with Crippen LogP contribution in [0, 0.1) is 0 Å². The van der Waals surface area contributed by atoms with Gasteiger partial charge in [-0.15, -0.1) is 0 Å². The summed E-state index contributed by atoms with van der Waals surface area (Å²) < 4.78 is 37.2. The Kier molecular flexibility index (Phi) is 8.95. The van der Waals surface area contributed by atoms with Gasteiger partial charge < -0.3 is 24.6 Å². The number of morpholine rings is 2. The van der Waals surface area contributed by atoms with E-state index >= 15 is 0 Å². The van der Waals surface area contributed by atoms with Crippen molar-refractivity contribution in [1.29, 1.82) is 0 Å². The van der Waals surface area contributed by atoms with Gasteiger partial charge in [0.05, 0.1) is 64.1 Å². The van der Waals surface area contributed by atoms with Crippen molar-refractivity contribution in [2.45, 2.75) is 63.6 Å². The summed E-state index contributed by atoms with van der Waals surface area (Å²) in [6, 6.07) is 16.5. The second kappa shape index (κ2) is 12.9. The Bertz CT molecular complexity index is 1860. The van der Waals surface area contributed by atoms with Crippen LogP contribution in [0.3, 0.4) is 0 Å². The number of nitrogens with one attached hydrogen (secondary N) is 1. The molecule has 2 aliphatic rings. The van der Waals surface area contributed by atoms with Crippen LogP contribution in [0.5, 0.6) is 0 Å². The normalized spacial score (nSPS) is 22.2. The lowest BCUT2D eigenvalue weighted by Gasteiger charge is -2.37. The monoisotopic (exact) mass is 646 g/mol. The third kappa shape index (κ3) is 7.14. The molecule has 0 bridgehead atoms. The van der Waals surface area contributed by atoms with E-state index < -0.39 is 15.7 Å². The molecule has 244 valence electrons. The molecule has 11 nitrogen and oxygen atoms in total. The van der Waals surface area contributed by atoms with Crippen LogP contribution < -0.4 is 15.1 Å². The van der Waals surface area contributed by atoms with Crippen LogP contribution in [0.2, 0.25) is 0 Å². The number of amides is 1. The molecule has 2 fully saturated rings. The minimum absolute atomic E-state index is 0. The molecule has 1 aromatic carbocycles. The van der Waals surface area contributed by atoms with Crippen molar-refractivity contribution in [2.24, 2.45) is 0 Å². The highest BCUT2D eigenvalue weighted by Crippen LogP contribution is 2.30. The summed E-state index contributed by atoms with van der Waals surface area (Å²) in [5, 5.41) is 3.75. The topological polar surface area (TPSA) is 127 Å². The number of hydrogen-bond donors (Lipinski definition) is 1. The highest BCUT2D eigenvalue weighted by Gasteiger charge is 2.27. The maximum Gasteiger partial charge on any atom is 0.251 e. The number of carbonyl (C=O) groups is 1. The van der Waals surface area contributed by atoms with Crippen molar-refractivity contribution in [3.63, 3.8) is 0 Å². The van der Waals surface area contributed by atoms with E-state index in [9.17, 15) is 13.2 Å². The van der Waals surface area contributed by atoms with Gasteiger partial charge in [-0.3, -0.25) is 9.78 Å². The Hall–Kier alpha value is -4.13. The van der Waals surface area contributed by atoms with Crippen LogP contribution in [0.15, 0.2) is 65.7 Å². The number of anilines is 2. The zero-order valence-corrected chi connectivity index (χ0v) is 27.6. The minimum atomic E-state index is -3.60. The summed E-state index contributed by atoms with van der Waals surface area (Å²) in [6.07, 6.45) is 3.07. The fourth-order valence-corrected chi connectivity index (χ4v) is 7.18. The molecule has 1 amide bonds. The third-order valence-electron chi connectivity index (χ3n) is 8.18. The Morgan fingerprint density at radius 2 is 1.52 bits per heavy atom. The number of pyridine rings is 3. The van der Waals surface area contributed by atoms with Gasteiger partial charge in [-0.2, -0.15) is 0 Å². The molecule has 4 aromatic rings. The molecule has 6 rings (SSSR count). The predicted octanol–water partition coefficient (Wildman–Crippen LogP) is 4.50. The summed E-state index contributed by atoms with van der Waals surface area (Å²) in [4.78, 5) is 31.8. The molecule has 12 heteroatoms. The molecule has 0 aliphatic carbocycles. The molecule has 0 radical (unpaired) electrons. The van der Waals surface area contributed by atoms with Crippen LogP contribution in [0.1, 0.15) is 45.2 Å². The quantitative estimate of drug-likeness (QED) is 0.307. The lowest BCUT2D eigenvalue weighted by molar-refractivity contribution is -0.00567. The molecule has 0 saturated carbocycles. The van der Waals surface area contributed by atoms with Crippen molar-refractivity contribution < 1.29 is 24.1 Å². The fourth-order valence-electron chi connectivity index (χ4n) is 6.27. The van der Waals surface area contributed by atoms with Crippen LogP contribution in [0.4, 0.5) is 11.5 Å². The molecular weight excluding hydrogens is 604 g/mol. The fraction of sp³-hybridized carbons (Fsp3) is 0.412. The molecule has 4 atom stereocenters. The maximum absolute atomic E-state index is 13.2. The van der Waals surface area contributed by atoms with Crippen molar-refractivity contribution in [2.75, 3.05) is 42.2 Å². The number of rotatable bonds is 7. The second-order valence-corrected chi connectivity index (χ2v) is 14.4. The highest BCUT2D eigenvalue weighted by molar-refractivity contribution is 7.90. The number of benzene rings is 1. The first kappa shape index (κ1) is 31.8. The Morgan fingerprint density at radius 3 is 2.20 bits per heavy atom. The third-order valence-corrected chi connectivity index (χ3v) is 9.31. The summed E-state index contributed by atoms with van der Waals surface area (Å²) >= 11 is 0. The number of carbonyl (C=O) groups excluding carboxylic acids is 1. The van der Waals surface area contributed by atoms with E-state index in [2.05, 4.69) is 29.0 Å². The molecule has 2 aliphatic heterocycles. The predicted molar refractivity (Wildman–Crippen MR) is 180 cm³/mol. The number of sulfone groups is 1. The number of nitrogens with zero attached hydrogens (tertiary/aromatic N) is 5. The molecule has 1 N–H and O–H groups in total. The lowest BCUT2D eigenvalue weighted by atomic mass is 10.1. The van der Waals surface area contributed by atoms with Gasteiger partial charge in [0.15, 0.2) is 9.84 Å². The van der Waals surface area contributed by atoms with Crippen molar-refractivity contribution >= 4 is 38.2 Å². The largest absolute Gasteiger partial charge is 0.372 e. The van der Waals surface area contributed by atoms with E-state index in [0.717, 1.165) is 47.5 Å². The van der Waals surface area contributed by atoms with Crippen LogP contribution >= 0.6 is 0 Å². The average Bonchev–Trinajstić information content (AvgIpc) is 3.01. The molecule has 2 saturated heterocycles. The van der Waals surface area contributed by atoms with Crippen LogP contribution in [-0.4, -0.2) is 86.1 Å². The lowest BCUT2D eigenvalue weighted by Crippen LogP contribution is -2.46. The number of hydrogen-bond acceptors (Lipinski definition) is 10. The van der Waals surface area contributed by atoms with E-state index in [0.29, 0.717) is 24.5 Å². The summed E-state index contributed by atoms with van der Waals surface area (Å²) in [5.41, 5.74) is 3.70. The van der Waals surface area contributed by atoms with Crippen LogP contribution in [0.25, 0.3) is 22.3 Å². The number of aromatic nitrogens is 3. The maximum atomic E-state index is 13.2. The molecule has 3 aromatic heterocycles. The van der Waals surface area contributed by atoms with E-state index in [1.807, 2.05) is 55.1 Å². The van der Waals surface area contributed by atoms with Crippen molar-refractivity contribution in [3.05, 3.63) is 72.1 Å². The summed E-state index contributed by atoms with van der Waals surface area (Å²) in [5.74, 6) is 0.497. The zero-order valence-electron chi connectivity index (χ0n) is 26.8. The first-order valence-corrected chi connectivity index (χ1v) is 17.5. The molecule has 46 heavy (non-hydrogen) atoms. The first-order valence-electron chi connectivity index (χ1n) is 15.6. The number of fused-ring (bicyclic) bond motifs is 1. The molecule has 0 unspecified atom stereocenters. The first-order chi connectivity index (χ1) is 21.9. The van der Waals surface area contributed by atoms with E-state index in [-0.39, 0.29) is 42.8 Å². The van der Waals surface area contributed by atoms with Gasteiger partial charge in [0.2, 0.25) is 0 Å². The Balaban J connectivity index is 0.00000433. The van der Waals surface area contributed by atoms with Crippen molar-refractivity contribution in [3.8, 4) is 11.4 Å². The highest BCUT2D eigenvalue weighted by atomic mass is 32.2. The average molecular weight is 647 g/mol. The minimum Gasteiger partial charge on any atom is -0.372 e. The number of ether oxygens (including phenoxy) is 2. The van der Waals surface area contributed by atoms with Gasteiger partial charge in [0.25, 0.3) is 5.91 Å². The standard InChI is InChI=1S/C34H40N6O5S.H2/c1-21-17-39(18-22(2)44-21)31-12-10-25(13-32(31)46(5,42)43)34(41)36-16-27-14-30-26(15-35-27)9-11-29(37-30)28-7-6-8-33(38-28)40-19-23(3)45-24(4)20-40;/h6-15,21-24H,16-20H2,1-5H3,(H,36,41);1H/t21-,22+,23-,24+;. The van der Waals surface area contributed by atoms with E-state index in [1.54, 1.807) is 18.3 Å². The van der Waals surface area contributed by atoms with Gasteiger partial charge in [0, 0.05) is 51.0 Å². The Labute approximate surface area is 271 Å². The summed E-state index contributed by atoms with van der Waals surface area (Å²) in [6.45, 7) is 10.9. The molecule has 5 heterocycles. The van der Waals surface area contributed by atoms with Gasteiger partial charge in [-0.1, -0.05) is 6.07 Å². The van der Waals surface area contributed by atoms with Gasteiger partial charge in [0.1, 0.15) is 5.82 Å². The van der Waals surface area contributed by atoms with Crippen LogP contribution in [-0.2, 0) is 25.9 Å². The van der Waals surface area contributed by atoms with Gasteiger partial charge >= 0.3 is 0 Å². The second-order valence-electron chi connectivity index (χ2n) is 12.4. The van der Waals surface area contributed by atoms with E-state index in [1.165, 1.54) is 6.07 Å². The zero-order chi connectivity index (χ0) is 32.6. The van der Waals surface area contributed by atoms with Gasteiger partial charge in [-0.05, 0) is 76.2 Å². The Morgan fingerprint density at radius 1 is 0.870 bits per heavy atom. The molecule has 0 spiro atoms. The molecular formula is C34H42N6O5S. The van der Waals surface area contributed by atoms with E-state index in [4.69, 9.17) is 19.4 Å². The summed E-state index contributed by atoms with van der Waals surface area (Å²) in [7, 11) is -3.60. The smallest absolute Gasteiger partial charge is 0.251 e.